The smallest absolute Gasteiger partial charge is 0.305 e. The summed E-state index contributed by atoms with van der Waals surface area (Å²) in [6, 6.07) is 7.43. The number of nitrogens with zero attached hydrogens (tertiary/aromatic N) is 2. The molecule has 1 N–H and O–H groups in total. The van der Waals surface area contributed by atoms with Crippen LogP contribution in [0.1, 0.15) is 31.7 Å². The number of benzene rings is 1. The van der Waals surface area contributed by atoms with E-state index in [9.17, 15) is 14.4 Å². The molecule has 7 nitrogen and oxygen atoms in total. The Morgan fingerprint density at radius 1 is 1.26 bits per heavy atom. The van der Waals surface area contributed by atoms with Crippen molar-refractivity contribution >= 4 is 23.5 Å². The number of aliphatic carboxylic acids is 1. The molecule has 2 unspecified atom stereocenters. The Kier molecular flexibility index (Phi) is 6.11. The molecule has 0 radical (unpaired) electrons. The van der Waals surface area contributed by atoms with Crippen molar-refractivity contribution in [2.45, 2.75) is 38.6 Å². The van der Waals surface area contributed by atoms with Crippen LogP contribution in [0.15, 0.2) is 24.3 Å². The van der Waals surface area contributed by atoms with Crippen LogP contribution >= 0.6 is 0 Å². The fraction of sp³-hybridized carbons (Fsp3) is 0.550. The van der Waals surface area contributed by atoms with Crippen LogP contribution < -0.4 is 4.90 Å². The molecule has 27 heavy (non-hydrogen) atoms. The molecule has 0 saturated carbocycles. The molecule has 2 amide bonds. The highest BCUT2D eigenvalue weighted by atomic mass is 16.5. The van der Waals surface area contributed by atoms with Crippen LogP contribution in [0.25, 0.3) is 0 Å². The molecule has 0 aromatic heterocycles. The van der Waals surface area contributed by atoms with Gasteiger partial charge in [-0.05, 0) is 24.1 Å². The third-order valence-corrected chi connectivity index (χ3v) is 5.18. The van der Waals surface area contributed by atoms with Gasteiger partial charge in [0.2, 0.25) is 11.8 Å². The lowest BCUT2D eigenvalue weighted by atomic mass is 10.0. The zero-order valence-corrected chi connectivity index (χ0v) is 15.6. The molecule has 1 aromatic rings. The van der Waals surface area contributed by atoms with Gasteiger partial charge in [0.15, 0.2) is 0 Å². The summed E-state index contributed by atoms with van der Waals surface area (Å²) in [6.45, 7) is 3.44. The van der Waals surface area contributed by atoms with Gasteiger partial charge in [-0.3, -0.25) is 14.4 Å². The minimum Gasteiger partial charge on any atom is -0.481 e. The maximum Gasteiger partial charge on any atom is 0.305 e. The second kappa shape index (κ2) is 8.52. The number of aryl methyl sites for hydroxylation is 1. The van der Waals surface area contributed by atoms with Crippen LogP contribution in [0, 0.1) is 5.92 Å². The summed E-state index contributed by atoms with van der Waals surface area (Å²) >= 11 is 0. The molecule has 0 aliphatic carbocycles. The predicted octanol–water partition coefficient (Wildman–Crippen LogP) is 1.69. The first-order chi connectivity index (χ1) is 13.0. The van der Waals surface area contributed by atoms with Gasteiger partial charge in [-0.1, -0.05) is 25.5 Å². The van der Waals surface area contributed by atoms with E-state index in [1.165, 1.54) is 5.56 Å². The van der Waals surface area contributed by atoms with Crippen LogP contribution in [-0.2, 0) is 25.5 Å². The van der Waals surface area contributed by atoms with Crippen LogP contribution in [0.5, 0.6) is 0 Å². The number of carbonyl (C=O) groups is 3. The maximum absolute atomic E-state index is 13.0. The topological polar surface area (TPSA) is 87.2 Å². The van der Waals surface area contributed by atoms with Gasteiger partial charge >= 0.3 is 5.97 Å². The molecule has 2 saturated heterocycles. The lowest BCUT2D eigenvalue weighted by Crippen LogP contribution is -2.51. The Morgan fingerprint density at radius 3 is 2.67 bits per heavy atom. The molecular weight excluding hydrogens is 348 g/mol. The van der Waals surface area contributed by atoms with E-state index in [1.54, 1.807) is 9.80 Å². The van der Waals surface area contributed by atoms with Crippen molar-refractivity contribution in [3.63, 3.8) is 0 Å². The van der Waals surface area contributed by atoms with Crippen LogP contribution in [0.4, 0.5) is 5.69 Å². The molecule has 0 bridgehead atoms. The Labute approximate surface area is 158 Å². The number of morpholine rings is 1. The van der Waals surface area contributed by atoms with E-state index in [2.05, 4.69) is 6.92 Å². The Bertz CT molecular complexity index is 703. The Morgan fingerprint density at radius 2 is 2.00 bits per heavy atom. The van der Waals surface area contributed by atoms with Gasteiger partial charge in [-0.15, -0.1) is 0 Å². The van der Waals surface area contributed by atoms with Crippen molar-refractivity contribution in [1.29, 1.82) is 0 Å². The zero-order chi connectivity index (χ0) is 19.4. The van der Waals surface area contributed by atoms with Crippen molar-refractivity contribution in [1.82, 2.24) is 4.90 Å². The summed E-state index contributed by atoms with van der Waals surface area (Å²) < 4.78 is 5.33. The largest absolute Gasteiger partial charge is 0.481 e. The van der Waals surface area contributed by atoms with Crippen molar-refractivity contribution in [2.24, 2.45) is 5.92 Å². The minimum atomic E-state index is -0.959. The number of hydrogen-bond acceptors (Lipinski definition) is 4. The molecule has 2 atom stereocenters. The van der Waals surface area contributed by atoms with Gasteiger partial charge in [0.1, 0.15) is 0 Å². The van der Waals surface area contributed by atoms with E-state index in [1.807, 2.05) is 24.3 Å². The summed E-state index contributed by atoms with van der Waals surface area (Å²) in [6.07, 6.45) is 2.08. The van der Waals surface area contributed by atoms with Gasteiger partial charge in [0.25, 0.3) is 0 Å². The molecule has 7 heteroatoms. The highest BCUT2D eigenvalue weighted by Gasteiger charge is 2.40. The number of ether oxygens (including phenoxy) is 1. The summed E-state index contributed by atoms with van der Waals surface area (Å²) in [4.78, 5) is 39.7. The lowest BCUT2D eigenvalue weighted by molar-refractivity contribution is -0.149. The van der Waals surface area contributed by atoms with E-state index < -0.39 is 17.9 Å². The SMILES string of the molecule is CCCc1ccc(N2CC(C(=O)N3CCOCC3CC(=O)O)CC2=O)cc1. The molecular formula is C20H26N2O5. The van der Waals surface area contributed by atoms with Crippen molar-refractivity contribution in [2.75, 3.05) is 31.2 Å². The summed E-state index contributed by atoms with van der Waals surface area (Å²) in [5.41, 5.74) is 2.03. The van der Waals surface area contributed by atoms with E-state index >= 15 is 0 Å². The molecule has 2 heterocycles. The van der Waals surface area contributed by atoms with E-state index in [0.29, 0.717) is 19.7 Å². The Balaban J connectivity index is 1.68. The van der Waals surface area contributed by atoms with E-state index in [4.69, 9.17) is 9.84 Å². The number of carbonyl (C=O) groups excluding carboxylic acids is 2. The maximum atomic E-state index is 13.0. The van der Waals surface area contributed by atoms with Crippen molar-refractivity contribution in [3.8, 4) is 0 Å². The van der Waals surface area contributed by atoms with Crippen LogP contribution in [0.2, 0.25) is 0 Å². The zero-order valence-electron chi connectivity index (χ0n) is 15.6. The molecule has 2 aliphatic heterocycles. The number of rotatable bonds is 6. The quantitative estimate of drug-likeness (QED) is 0.819. The first-order valence-corrected chi connectivity index (χ1v) is 9.49. The number of carboxylic acids is 1. The monoisotopic (exact) mass is 374 g/mol. The van der Waals surface area contributed by atoms with Crippen molar-refractivity contribution in [3.05, 3.63) is 29.8 Å². The second-order valence-corrected chi connectivity index (χ2v) is 7.18. The highest BCUT2D eigenvalue weighted by Crippen LogP contribution is 2.28. The summed E-state index contributed by atoms with van der Waals surface area (Å²) in [7, 11) is 0. The normalized spacial score (nSPS) is 22.9. The van der Waals surface area contributed by atoms with Gasteiger partial charge < -0.3 is 19.6 Å². The second-order valence-electron chi connectivity index (χ2n) is 7.18. The Hall–Kier alpha value is -2.41. The van der Waals surface area contributed by atoms with Crippen molar-refractivity contribution < 1.29 is 24.2 Å². The summed E-state index contributed by atoms with van der Waals surface area (Å²) in [5.74, 6) is -1.62. The molecule has 0 spiro atoms. The van der Waals surface area contributed by atoms with Gasteiger partial charge in [-0.25, -0.2) is 0 Å². The third kappa shape index (κ3) is 4.47. The molecule has 3 rings (SSSR count). The fourth-order valence-electron chi connectivity index (χ4n) is 3.80. The lowest BCUT2D eigenvalue weighted by Gasteiger charge is -2.36. The molecule has 2 aliphatic rings. The standard InChI is InChI=1S/C20H26N2O5/c1-2-3-14-4-6-16(7-5-14)22-12-15(10-18(22)23)20(26)21-8-9-27-13-17(21)11-19(24)25/h4-7,15,17H,2-3,8-13H2,1H3,(H,24,25). The summed E-state index contributed by atoms with van der Waals surface area (Å²) in [5, 5.41) is 9.07. The average molecular weight is 374 g/mol. The van der Waals surface area contributed by atoms with Crippen LogP contribution in [0.3, 0.4) is 0 Å². The number of carboxylic acid groups (broad SMARTS) is 1. The molecule has 1 aromatic carbocycles. The number of hydrogen-bond donors (Lipinski definition) is 1. The number of anilines is 1. The molecule has 146 valence electrons. The first kappa shape index (κ1) is 19.4. The minimum absolute atomic E-state index is 0.0698. The molecule has 2 fully saturated rings. The third-order valence-electron chi connectivity index (χ3n) is 5.18. The van der Waals surface area contributed by atoms with E-state index in [-0.39, 0.29) is 31.3 Å². The van der Waals surface area contributed by atoms with Crippen LogP contribution in [-0.4, -0.2) is 60.1 Å². The van der Waals surface area contributed by atoms with E-state index in [0.717, 1.165) is 18.5 Å². The first-order valence-electron chi connectivity index (χ1n) is 9.49. The van der Waals surface area contributed by atoms with Gasteiger partial charge in [0, 0.05) is 25.2 Å². The predicted molar refractivity (Wildman–Crippen MR) is 99.5 cm³/mol. The average Bonchev–Trinajstić information content (AvgIpc) is 3.04. The number of amides is 2. The fourth-order valence-corrected chi connectivity index (χ4v) is 3.80. The van der Waals surface area contributed by atoms with Gasteiger partial charge in [0.05, 0.1) is 31.6 Å². The highest BCUT2D eigenvalue weighted by molar-refractivity contribution is 6.00. The van der Waals surface area contributed by atoms with Gasteiger partial charge in [-0.2, -0.15) is 0 Å².